The molecule has 0 saturated carbocycles. The highest BCUT2D eigenvalue weighted by molar-refractivity contribution is 8.00. The van der Waals surface area contributed by atoms with Gasteiger partial charge in [-0.1, -0.05) is 29.4 Å². The minimum Gasteiger partial charge on any atom is -0.468 e. The van der Waals surface area contributed by atoms with Crippen molar-refractivity contribution in [1.29, 1.82) is 0 Å². The highest BCUT2D eigenvalue weighted by Gasteiger charge is 2.39. The maximum Gasteiger partial charge on any atom is 0.323 e. The van der Waals surface area contributed by atoms with Crippen molar-refractivity contribution in [3.63, 3.8) is 0 Å². The van der Waals surface area contributed by atoms with Crippen molar-refractivity contribution in [3.05, 3.63) is 63.0 Å². The lowest BCUT2D eigenvalue weighted by Gasteiger charge is -2.16. The molecule has 4 rings (SSSR count). The van der Waals surface area contributed by atoms with E-state index in [1.165, 1.54) is 23.9 Å². The first-order valence-corrected chi connectivity index (χ1v) is 10.7. The van der Waals surface area contributed by atoms with Crippen LogP contribution in [0.4, 0.5) is 5.69 Å². The number of methoxy groups -OCH3 is 1. The van der Waals surface area contributed by atoms with E-state index in [1.807, 2.05) is 25.1 Å². The van der Waals surface area contributed by atoms with Gasteiger partial charge < -0.3 is 20.4 Å². The summed E-state index contributed by atoms with van der Waals surface area (Å²) in [5.74, 6) is -5.09. The minimum absolute atomic E-state index is 0.296. The van der Waals surface area contributed by atoms with E-state index in [-0.39, 0.29) is 0 Å². The lowest BCUT2D eigenvalue weighted by molar-refractivity contribution is -0.149. The number of fused-ring (bicyclic) bond motifs is 2. The van der Waals surface area contributed by atoms with Gasteiger partial charge in [-0.15, -0.1) is 0 Å². The standard InChI is InChI=1S/C21H17ClN4O5S/c1-9-3-5-12-14(7-9)32-21(25-12)26-19(29)17(27)15(20(30)31-2)16-18(28)24-13-8-10(22)4-6-11(13)23-16/h3-8,15,21,25H,1-2H3,(H,24,28)(H,26,29)/t15-,21-/m0/s1. The molecular formula is C21H17ClN4O5S. The van der Waals surface area contributed by atoms with Crippen LogP contribution in [0.5, 0.6) is 0 Å². The Morgan fingerprint density at radius 1 is 1.22 bits per heavy atom. The average molecular weight is 473 g/mol. The highest BCUT2D eigenvalue weighted by atomic mass is 35.5. The van der Waals surface area contributed by atoms with Crippen molar-refractivity contribution >= 4 is 57.7 Å². The SMILES string of the molecule is COC(=O)[C@H](C(=O)C(=O)N[C@@H]1Nc2ccc(C)cc2S1)c1nc2ccc(Cl)cc2[nH]c1=O. The predicted octanol–water partition coefficient (Wildman–Crippen LogP) is 2.33. The van der Waals surface area contributed by atoms with Gasteiger partial charge in [0.1, 0.15) is 5.69 Å². The predicted molar refractivity (Wildman–Crippen MR) is 120 cm³/mol. The number of anilines is 1. The fourth-order valence-corrected chi connectivity index (χ4v) is 4.55. The van der Waals surface area contributed by atoms with Crippen molar-refractivity contribution in [1.82, 2.24) is 15.3 Å². The van der Waals surface area contributed by atoms with Crippen molar-refractivity contribution in [2.45, 2.75) is 23.2 Å². The van der Waals surface area contributed by atoms with E-state index in [4.69, 9.17) is 11.6 Å². The van der Waals surface area contributed by atoms with E-state index in [0.717, 1.165) is 23.3 Å². The summed E-state index contributed by atoms with van der Waals surface area (Å²) in [6, 6.07) is 10.3. The van der Waals surface area contributed by atoms with Gasteiger partial charge in [0.25, 0.3) is 11.5 Å². The maximum atomic E-state index is 12.9. The summed E-state index contributed by atoms with van der Waals surface area (Å²) in [6.07, 6.45) is 0. The van der Waals surface area contributed by atoms with Crippen LogP contribution < -0.4 is 16.2 Å². The molecule has 1 aliphatic heterocycles. The largest absolute Gasteiger partial charge is 0.468 e. The van der Waals surface area contributed by atoms with E-state index >= 15 is 0 Å². The van der Waals surface area contributed by atoms with Gasteiger partial charge in [-0.25, -0.2) is 4.98 Å². The monoisotopic (exact) mass is 472 g/mol. The number of amides is 1. The van der Waals surface area contributed by atoms with Gasteiger partial charge in [-0.2, -0.15) is 0 Å². The summed E-state index contributed by atoms with van der Waals surface area (Å²) in [6.45, 7) is 1.94. The van der Waals surface area contributed by atoms with Crippen LogP contribution in [0, 0.1) is 6.92 Å². The second-order valence-corrected chi connectivity index (χ2v) is 8.63. The molecular weight excluding hydrogens is 456 g/mol. The number of hydrogen-bond donors (Lipinski definition) is 3. The number of aryl methyl sites for hydroxylation is 1. The van der Waals surface area contributed by atoms with Crippen LogP contribution in [0.15, 0.2) is 46.1 Å². The Hall–Kier alpha value is -3.37. The fraction of sp³-hybridized carbons (Fsp3) is 0.190. The third-order valence-electron chi connectivity index (χ3n) is 4.81. The first kappa shape index (κ1) is 21.8. The minimum atomic E-state index is -1.82. The van der Waals surface area contributed by atoms with E-state index in [9.17, 15) is 19.2 Å². The molecule has 11 heteroatoms. The first-order valence-electron chi connectivity index (χ1n) is 9.42. The highest BCUT2D eigenvalue weighted by Crippen LogP contribution is 2.37. The number of ketones is 1. The second kappa shape index (κ2) is 8.64. The van der Waals surface area contributed by atoms with Gasteiger partial charge in [0, 0.05) is 9.92 Å². The molecule has 2 aromatic carbocycles. The lowest BCUT2D eigenvalue weighted by atomic mass is 9.99. The Kier molecular flexibility index (Phi) is 5.90. The van der Waals surface area contributed by atoms with Crippen molar-refractivity contribution in [2.24, 2.45) is 0 Å². The maximum absolute atomic E-state index is 12.9. The van der Waals surface area contributed by atoms with Crippen LogP contribution in [0.1, 0.15) is 17.2 Å². The van der Waals surface area contributed by atoms with Crippen LogP contribution in [0.2, 0.25) is 5.02 Å². The Bertz CT molecular complexity index is 1330. The Balaban J connectivity index is 1.60. The van der Waals surface area contributed by atoms with E-state index < -0.39 is 40.3 Å². The molecule has 0 radical (unpaired) electrons. The molecule has 0 aliphatic carbocycles. The number of esters is 1. The molecule has 9 nitrogen and oxygen atoms in total. The Labute approximate surface area is 190 Å². The smallest absolute Gasteiger partial charge is 0.323 e. The third kappa shape index (κ3) is 4.19. The van der Waals surface area contributed by atoms with Crippen LogP contribution in [-0.2, 0) is 19.1 Å². The van der Waals surface area contributed by atoms with Crippen molar-refractivity contribution in [3.8, 4) is 0 Å². The molecule has 32 heavy (non-hydrogen) atoms. The number of nitrogens with one attached hydrogen (secondary N) is 3. The molecule has 2 heterocycles. The van der Waals surface area contributed by atoms with Crippen LogP contribution in [-0.4, -0.2) is 40.2 Å². The average Bonchev–Trinajstić information content (AvgIpc) is 3.15. The van der Waals surface area contributed by atoms with Gasteiger partial charge >= 0.3 is 5.97 Å². The number of H-pyrrole nitrogens is 1. The quantitative estimate of drug-likeness (QED) is 0.293. The molecule has 0 saturated heterocycles. The van der Waals surface area contributed by atoms with E-state index in [0.29, 0.717) is 16.1 Å². The number of hydrogen-bond acceptors (Lipinski definition) is 8. The summed E-state index contributed by atoms with van der Waals surface area (Å²) in [5, 5.41) is 5.99. The summed E-state index contributed by atoms with van der Waals surface area (Å²) in [7, 11) is 1.06. The van der Waals surface area contributed by atoms with Gasteiger partial charge in [-0.05, 0) is 42.8 Å². The zero-order valence-corrected chi connectivity index (χ0v) is 18.5. The van der Waals surface area contributed by atoms with E-state index in [2.05, 4.69) is 25.3 Å². The normalized spacial score (nSPS) is 15.5. The lowest BCUT2D eigenvalue weighted by Crippen LogP contribution is -2.44. The summed E-state index contributed by atoms with van der Waals surface area (Å²) in [4.78, 5) is 58.2. The van der Waals surface area contributed by atoms with Crippen LogP contribution in [0.3, 0.4) is 0 Å². The van der Waals surface area contributed by atoms with Gasteiger partial charge in [-0.3, -0.25) is 19.2 Å². The number of Topliss-reactive ketones (excluding diaryl/α,β-unsaturated/α-hetero) is 1. The molecule has 1 aromatic heterocycles. The third-order valence-corrected chi connectivity index (χ3v) is 6.11. The molecule has 0 unspecified atom stereocenters. The summed E-state index contributed by atoms with van der Waals surface area (Å²) in [5.41, 5.74) is 0.636. The number of halogens is 1. The molecule has 3 N–H and O–H groups in total. The molecule has 3 aromatic rings. The van der Waals surface area contributed by atoms with Crippen LogP contribution in [0.25, 0.3) is 11.0 Å². The summed E-state index contributed by atoms with van der Waals surface area (Å²) < 4.78 is 4.68. The molecule has 0 spiro atoms. The van der Waals surface area contributed by atoms with Crippen molar-refractivity contribution in [2.75, 3.05) is 12.4 Å². The number of rotatable bonds is 5. The number of nitrogens with zero attached hydrogens (tertiary/aromatic N) is 1. The van der Waals surface area contributed by atoms with Gasteiger partial charge in [0.2, 0.25) is 5.78 Å². The molecule has 164 valence electrons. The topological polar surface area (TPSA) is 130 Å². The molecule has 0 fully saturated rings. The number of carbonyl (C=O) groups is 3. The molecule has 1 aliphatic rings. The zero-order valence-electron chi connectivity index (χ0n) is 16.9. The Morgan fingerprint density at radius 2 is 2.00 bits per heavy atom. The molecule has 0 bridgehead atoms. The van der Waals surface area contributed by atoms with E-state index in [1.54, 1.807) is 6.07 Å². The van der Waals surface area contributed by atoms with Gasteiger partial charge in [0.05, 0.1) is 23.8 Å². The second-order valence-electron chi connectivity index (χ2n) is 7.05. The number of aromatic nitrogens is 2. The van der Waals surface area contributed by atoms with Gasteiger partial charge in [0.15, 0.2) is 11.4 Å². The first-order chi connectivity index (χ1) is 15.3. The zero-order chi connectivity index (χ0) is 23.0. The van der Waals surface area contributed by atoms with Crippen LogP contribution >= 0.6 is 23.4 Å². The number of carbonyl (C=O) groups excluding carboxylic acids is 3. The number of ether oxygens (including phenoxy) is 1. The Morgan fingerprint density at radius 3 is 2.75 bits per heavy atom. The van der Waals surface area contributed by atoms with Crippen molar-refractivity contribution < 1.29 is 19.1 Å². The molecule has 2 atom stereocenters. The number of thioether (sulfide) groups is 1. The molecule has 1 amide bonds. The number of benzene rings is 2. The fourth-order valence-electron chi connectivity index (χ4n) is 3.26. The number of aromatic amines is 1. The summed E-state index contributed by atoms with van der Waals surface area (Å²) >= 11 is 7.24.